The quantitative estimate of drug-likeness (QED) is 0.0897. The molecule has 0 amide bonds. The predicted molar refractivity (Wildman–Crippen MR) is 292 cm³/mol. The van der Waals surface area contributed by atoms with Crippen LogP contribution in [0.1, 0.15) is 75.9 Å². The Bertz CT molecular complexity index is 3830. The molecule has 7 nitrogen and oxygen atoms in total. The number of hydrogen-bond donors (Lipinski definition) is 0. The summed E-state index contributed by atoms with van der Waals surface area (Å²) in [7, 11) is -1.60. The van der Waals surface area contributed by atoms with Gasteiger partial charge in [-0.05, 0) is 86.3 Å². The number of fused-ring (bicyclic) bond motifs is 7. The van der Waals surface area contributed by atoms with Crippen molar-refractivity contribution in [1.29, 1.82) is 5.26 Å². The second kappa shape index (κ2) is 19.3. The summed E-state index contributed by atoms with van der Waals surface area (Å²) in [5.41, 5.74) is 13.1. The van der Waals surface area contributed by atoms with Crippen LogP contribution in [0.15, 0.2) is 150 Å². The predicted octanol–water partition coefficient (Wildman–Crippen LogP) is 15.7. The molecule has 1 atom stereocenters. The first-order valence-electron chi connectivity index (χ1n) is 24.1. The van der Waals surface area contributed by atoms with Gasteiger partial charge in [0, 0.05) is 54.4 Å². The Hall–Kier alpha value is -7.08. The Morgan fingerprint density at radius 3 is 2.07 bits per heavy atom. The fraction of sp³-hybridized carbons (Fsp3) is 0.210. The Labute approximate surface area is 431 Å². The van der Waals surface area contributed by atoms with E-state index in [2.05, 4.69) is 168 Å². The fourth-order valence-corrected chi connectivity index (χ4v) is 11.2. The number of benzene rings is 6. The molecule has 9 heteroatoms. The van der Waals surface area contributed by atoms with E-state index in [1.165, 1.54) is 32.3 Å². The van der Waals surface area contributed by atoms with Crippen molar-refractivity contribution < 1.29 is 24.5 Å². The molecule has 355 valence electrons. The number of nitriles is 1. The summed E-state index contributed by atoms with van der Waals surface area (Å²) in [6.07, 6.45) is 3.95. The first-order valence-corrected chi connectivity index (χ1v) is 27.6. The number of aryl methyl sites for hydroxylation is 1. The van der Waals surface area contributed by atoms with E-state index >= 15 is 0 Å². The van der Waals surface area contributed by atoms with E-state index in [1.54, 1.807) is 0 Å². The molecular weight excluding hydrogens is 1070 g/mol. The van der Waals surface area contributed by atoms with Crippen LogP contribution in [0.5, 0.6) is 0 Å². The Morgan fingerprint density at radius 2 is 1.38 bits per heavy atom. The maximum atomic E-state index is 9.50. The summed E-state index contributed by atoms with van der Waals surface area (Å²) < 4.78 is 8.97. The van der Waals surface area contributed by atoms with Crippen molar-refractivity contribution in [3.8, 4) is 45.5 Å². The van der Waals surface area contributed by atoms with Crippen molar-refractivity contribution in [2.75, 3.05) is 0 Å². The number of nitrogens with zero attached hydrogens (tertiary/aromatic N) is 6. The number of rotatable bonds is 7. The molecule has 11 rings (SSSR count). The normalized spacial score (nSPS) is 12.3. The van der Waals surface area contributed by atoms with Gasteiger partial charge in [-0.2, -0.15) is 5.26 Å². The molecule has 0 saturated carbocycles. The molecule has 0 aliphatic carbocycles. The summed E-state index contributed by atoms with van der Waals surface area (Å²) in [6.45, 7) is 22.4. The number of hydrogen-bond acceptors (Lipinski definition) is 6. The second-order valence-electron chi connectivity index (χ2n) is 20.8. The topological polar surface area (TPSA) is 93.4 Å². The zero-order valence-electron chi connectivity index (χ0n) is 41.9. The molecule has 0 aliphatic heterocycles. The largest absolute Gasteiger partial charge is 0.486 e. The van der Waals surface area contributed by atoms with Crippen molar-refractivity contribution in [3.05, 3.63) is 181 Å². The molecule has 0 aliphatic rings. The molecule has 0 fully saturated rings. The van der Waals surface area contributed by atoms with Crippen LogP contribution >= 0.6 is 0 Å². The Morgan fingerprint density at radius 1 is 0.690 bits per heavy atom. The van der Waals surface area contributed by atoms with Crippen molar-refractivity contribution in [2.45, 2.75) is 79.9 Å². The zero-order chi connectivity index (χ0) is 49.1. The molecule has 0 N–H and O–H groups in total. The van der Waals surface area contributed by atoms with E-state index in [9.17, 15) is 5.26 Å². The average Bonchev–Trinajstić information content (AvgIpc) is 3.93. The van der Waals surface area contributed by atoms with E-state index in [0.717, 1.165) is 78.2 Å². The molecule has 5 heterocycles. The van der Waals surface area contributed by atoms with E-state index in [0.29, 0.717) is 11.3 Å². The summed E-state index contributed by atoms with van der Waals surface area (Å²) in [5, 5.41) is 17.6. The number of furan rings is 1. The summed E-state index contributed by atoms with van der Waals surface area (Å²) in [4.78, 5) is 19.8. The third-order valence-electron chi connectivity index (χ3n) is 13.7. The van der Waals surface area contributed by atoms with Gasteiger partial charge in [0.1, 0.15) is 0 Å². The first-order chi connectivity index (χ1) is 33.6. The maximum Gasteiger partial charge on any atom is 0.216 e. The molecule has 1 unspecified atom stereocenters. The molecule has 5 aromatic heterocycles. The molecule has 6 aromatic carbocycles. The molecule has 0 saturated heterocycles. The van der Waals surface area contributed by atoms with E-state index in [4.69, 9.17) is 19.4 Å². The van der Waals surface area contributed by atoms with Gasteiger partial charge < -0.3 is 14.0 Å². The van der Waals surface area contributed by atoms with Gasteiger partial charge in [0.15, 0.2) is 0 Å². The summed E-state index contributed by atoms with van der Waals surface area (Å²) in [5.74, 6) is 1.29. The van der Waals surface area contributed by atoms with Crippen LogP contribution in [0.3, 0.4) is 0 Å². The van der Waals surface area contributed by atoms with Crippen LogP contribution in [-0.2, 0) is 20.1 Å². The standard InChI is InChI=1S/C41H37N4O.C21H19N2Si.Ir/c1-23(2)36-28-15-10-8-13-26(28)27-14-9-11-16-29(27)37(36)45-35-22-42-24(3)21-34(35)43-39(45)32-18-12-17-30-31-19-20-33(25(4)41(5,6)7)44-40(31)46-38(30)32;1-24(2,3)21-15-23-20(16-9-5-4-6-10-16)13-19(21)18-12-8-7-11-17(18)14-22;/h8-17,19-23,25H,1-7H3;4-9,11-13,15H,1-3H3;/q2*-1;. The number of aromatic nitrogens is 5. The van der Waals surface area contributed by atoms with Crippen LogP contribution in [0.4, 0.5) is 0 Å². The van der Waals surface area contributed by atoms with Gasteiger partial charge in [0.05, 0.1) is 54.0 Å². The van der Waals surface area contributed by atoms with Gasteiger partial charge in [-0.25, -0.2) is 4.98 Å². The summed E-state index contributed by atoms with van der Waals surface area (Å²) >= 11 is 0. The van der Waals surface area contributed by atoms with Crippen molar-refractivity contribution in [3.63, 3.8) is 0 Å². The Kier molecular flexibility index (Phi) is 13.3. The van der Waals surface area contributed by atoms with Crippen molar-refractivity contribution in [2.24, 2.45) is 5.41 Å². The molecule has 0 bridgehead atoms. The van der Waals surface area contributed by atoms with Crippen molar-refractivity contribution >= 4 is 67.9 Å². The van der Waals surface area contributed by atoms with Gasteiger partial charge in [0.2, 0.25) is 5.71 Å². The zero-order valence-corrected chi connectivity index (χ0v) is 45.3. The maximum absolute atomic E-state index is 9.50. The van der Waals surface area contributed by atoms with Gasteiger partial charge >= 0.3 is 0 Å². The minimum absolute atomic E-state index is 0. The van der Waals surface area contributed by atoms with E-state index in [1.807, 2.05) is 73.9 Å². The molecule has 11 aromatic rings. The van der Waals surface area contributed by atoms with Crippen LogP contribution in [0.2, 0.25) is 19.6 Å². The number of imidazole rings is 1. The van der Waals surface area contributed by atoms with Crippen LogP contribution in [-0.4, -0.2) is 32.6 Å². The third kappa shape index (κ3) is 9.02. The molecular formula is C62H56IrN6OSi-2. The number of pyridine rings is 3. The fourth-order valence-electron chi connectivity index (χ4n) is 9.73. The Balaban J connectivity index is 0.000000211. The van der Waals surface area contributed by atoms with E-state index in [-0.39, 0.29) is 37.4 Å². The molecule has 71 heavy (non-hydrogen) atoms. The minimum Gasteiger partial charge on any atom is -0.486 e. The van der Waals surface area contributed by atoms with E-state index < -0.39 is 8.07 Å². The average molecular weight is 1120 g/mol. The monoisotopic (exact) mass is 1120 g/mol. The van der Waals surface area contributed by atoms with Crippen LogP contribution in [0, 0.1) is 35.8 Å². The van der Waals surface area contributed by atoms with Crippen LogP contribution in [0.25, 0.3) is 94.1 Å². The van der Waals surface area contributed by atoms with Crippen LogP contribution < -0.4 is 5.19 Å². The van der Waals surface area contributed by atoms with Gasteiger partial charge in [-0.3, -0.25) is 9.97 Å². The smallest absolute Gasteiger partial charge is 0.216 e. The molecule has 1 radical (unpaired) electrons. The second-order valence-corrected chi connectivity index (χ2v) is 25.8. The minimum atomic E-state index is -1.60. The van der Waals surface area contributed by atoms with Gasteiger partial charge in [-0.15, -0.1) is 54.1 Å². The molecule has 0 spiro atoms. The van der Waals surface area contributed by atoms with Crippen molar-refractivity contribution in [1.82, 2.24) is 24.5 Å². The SMILES string of the molecule is C[Si](C)(C)c1cnc(-c2[c-]cccc2)cc1-c1ccccc1C#N.Cc1cc2nc(-c3[c-]ccc4c3oc3nc(C(C)C(C)(C)C)ccc34)n(-c3c(C(C)C)c4ccccc4c4ccccc34)c2cn1.[Ir]. The third-order valence-corrected chi connectivity index (χ3v) is 15.8. The van der Waals surface area contributed by atoms with Gasteiger partial charge in [-0.1, -0.05) is 145 Å². The van der Waals surface area contributed by atoms with Gasteiger partial charge in [0.25, 0.3) is 0 Å². The summed E-state index contributed by atoms with van der Waals surface area (Å²) in [6, 6.07) is 54.7. The first kappa shape index (κ1) is 48.9.